The largest absolute Gasteiger partial charge is 0.462 e. The summed E-state index contributed by atoms with van der Waals surface area (Å²) < 4.78 is 11.8. The van der Waals surface area contributed by atoms with Crippen molar-refractivity contribution in [2.24, 2.45) is 0 Å². The van der Waals surface area contributed by atoms with Gasteiger partial charge in [-0.15, -0.1) is 5.10 Å². The van der Waals surface area contributed by atoms with Gasteiger partial charge in [-0.25, -0.2) is 4.79 Å². The number of aryl methyl sites for hydroxylation is 1. The molecule has 0 bridgehead atoms. The fourth-order valence-corrected chi connectivity index (χ4v) is 2.55. The van der Waals surface area contributed by atoms with Gasteiger partial charge in [0.05, 0.1) is 25.0 Å². The third kappa shape index (κ3) is 5.06. The summed E-state index contributed by atoms with van der Waals surface area (Å²) in [6.07, 6.45) is -2.43. The zero-order valence-corrected chi connectivity index (χ0v) is 13.6. The summed E-state index contributed by atoms with van der Waals surface area (Å²) >= 11 is 0. The van der Waals surface area contributed by atoms with Gasteiger partial charge in [0.15, 0.2) is 0 Å². The van der Waals surface area contributed by atoms with Crippen LogP contribution in [0.25, 0.3) is 0 Å². The second kappa shape index (κ2) is 9.02. The number of nitrogens with zero attached hydrogens (tertiary/aromatic N) is 3. The van der Waals surface area contributed by atoms with Crippen LogP contribution in [0.4, 0.5) is 0 Å². The van der Waals surface area contributed by atoms with E-state index in [1.807, 2.05) is 0 Å². The van der Waals surface area contributed by atoms with Crippen molar-refractivity contribution in [3.05, 3.63) is 24.5 Å². The SMILES string of the molecule is C=CC(=O)OCCCn1cc(C[C@@H]2O[C@H](CO)[C@@H](O)[C@H](O)[C@@H]2O)nn1. The number of ether oxygens (including phenoxy) is 2. The number of aromatic nitrogens is 3. The van der Waals surface area contributed by atoms with Crippen LogP contribution in [-0.4, -0.2) is 85.1 Å². The van der Waals surface area contributed by atoms with Crippen LogP contribution in [0.5, 0.6) is 0 Å². The minimum atomic E-state index is -1.41. The highest BCUT2D eigenvalue weighted by atomic mass is 16.5. The highest BCUT2D eigenvalue weighted by Gasteiger charge is 2.43. The summed E-state index contributed by atoms with van der Waals surface area (Å²) in [4.78, 5) is 10.9. The maximum atomic E-state index is 10.9. The van der Waals surface area contributed by atoms with E-state index in [0.29, 0.717) is 18.7 Å². The average Bonchev–Trinajstić information content (AvgIpc) is 3.06. The van der Waals surface area contributed by atoms with Crippen LogP contribution in [0.1, 0.15) is 12.1 Å². The van der Waals surface area contributed by atoms with Crippen molar-refractivity contribution in [2.75, 3.05) is 13.2 Å². The minimum Gasteiger partial charge on any atom is -0.462 e. The van der Waals surface area contributed by atoms with Gasteiger partial charge in [-0.05, 0) is 0 Å². The topological polar surface area (TPSA) is 147 Å². The van der Waals surface area contributed by atoms with Gasteiger partial charge in [0.1, 0.15) is 24.4 Å². The standard InChI is InChI=1S/C15H23N3O7/c1-2-12(20)24-5-3-4-18-7-9(16-17-18)6-10-13(21)15(23)14(22)11(8-19)25-10/h2,7,10-11,13-15,19,21-23H,1,3-6,8H2/t10-,11+,13+,14+,15+/m0/s1. The van der Waals surface area contributed by atoms with Crippen molar-refractivity contribution in [3.8, 4) is 0 Å². The number of esters is 1. The van der Waals surface area contributed by atoms with Crippen molar-refractivity contribution >= 4 is 5.97 Å². The van der Waals surface area contributed by atoms with E-state index in [9.17, 15) is 25.2 Å². The summed E-state index contributed by atoms with van der Waals surface area (Å²) in [7, 11) is 0. The molecule has 4 N–H and O–H groups in total. The monoisotopic (exact) mass is 357 g/mol. The molecule has 0 amide bonds. The van der Waals surface area contributed by atoms with Crippen LogP contribution in [0.15, 0.2) is 18.9 Å². The number of hydrogen-bond acceptors (Lipinski definition) is 9. The zero-order valence-electron chi connectivity index (χ0n) is 13.6. The summed E-state index contributed by atoms with van der Waals surface area (Å²) in [5.74, 6) is -0.484. The van der Waals surface area contributed by atoms with Crippen LogP contribution < -0.4 is 0 Å². The predicted molar refractivity (Wildman–Crippen MR) is 83.3 cm³/mol. The number of carbonyl (C=O) groups excluding carboxylic acids is 1. The maximum absolute atomic E-state index is 10.9. The number of aliphatic hydroxyl groups excluding tert-OH is 4. The van der Waals surface area contributed by atoms with Crippen LogP contribution in [-0.2, 0) is 27.2 Å². The van der Waals surface area contributed by atoms with Gasteiger partial charge in [0, 0.05) is 31.7 Å². The Hall–Kier alpha value is -1.85. The lowest BCUT2D eigenvalue weighted by atomic mass is 9.93. The van der Waals surface area contributed by atoms with Crippen LogP contribution in [0, 0.1) is 0 Å². The van der Waals surface area contributed by atoms with Crippen molar-refractivity contribution < 1.29 is 34.7 Å². The molecule has 10 heteroatoms. The molecule has 10 nitrogen and oxygen atoms in total. The minimum absolute atomic E-state index is 0.160. The van der Waals surface area contributed by atoms with Crippen molar-refractivity contribution in [2.45, 2.75) is 49.9 Å². The molecule has 5 atom stereocenters. The van der Waals surface area contributed by atoms with E-state index < -0.39 is 43.1 Å². The lowest BCUT2D eigenvalue weighted by molar-refractivity contribution is -0.228. The second-order valence-electron chi connectivity index (χ2n) is 5.77. The van der Waals surface area contributed by atoms with Gasteiger partial charge in [-0.1, -0.05) is 11.8 Å². The van der Waals surface area contributed by atoms with E-state index in [4.69, 9.17) is 9.47 Å². The fourth-order valence-electron chi connectivity index (χ4n) is 2.55. The molecule has 1 aromatic heterocycles. The van der Waals surface area contributed by atoms with Gasteiger partial charge >= 0.3 is 5.97 Å². The second-order valence-corrected chi connectivity index (χ2v) is 5.77. The van der Waals surface area contributed by atoms with Gasteiger partial charge in [0.25, 0.3) is 0 Å². The molecule has 0 aliphatic carbocycles. The summed E-state index contributed by atoms with van der Waals surface area (Å²) in [5.41, 5.74) is 0.521. The summed E-state index contributed by atoms with van der Waals surface area (Å²) in [6.45, 7) is 3.53. The molecular weight excluding hydrogens is 334 g/mol. The van der Waals surface area contributed by atoms with Gasteiger partial charge in [0.2, 0.25) is 0 Å². The number of rotatable bonds is 8. The molecule has 1 aromatic rings. The Labute approximate surface area is 144 Å². The van der Waals surface area contributed by atoms with E-state index >= 15 is 0 Å². The lowest BCUT2D eigenvalue weighted by Crippen LogP contribution is -2.59. The first-order valence-corrected chi connectivity index (χ1v) is 7.95. The average molecular weight is 357 g/mol. The molecule has 0 radical (unpaired) electrons. The molecule has 1 aliphatic rings. The molecule has 1 saturated heterocycles. The third-order valence-electron chi connectivity index (χ3n) is 3.93. The first kappa shape index (κ1) is 19.5. The zero-order chi connectivity index (χ0) is 18.4. The Morgan fingerprint density at radius 2 is 2.04 bits per heavy atom. The van der Waals surface area contributed by atoms with Gasteiger partial charge in [-0.3, -0.25) is 4.68 Å². The Balaban J connectivity index is 1.85. The molecule has 25 heavy (non-hydrogen) atoms. The number of carbonyl (C=O) groups is 1. The van der Waals surface area contributed by atoms with Crippen molar-refractivity contribution in [1.82, 2.24) is 15.0 Å². The van der Waals surface area contributed by atoms with Crippen LogP contribution in [0.2, 0.25) is 0 Å². The molecule has 2 heterocycles. The van der Waals surface area contributed by atoms with Crippen LogP contribution in [0.3, 0.4) is 0 Å². The third-order valence-corrected chi connectivity index (χ3v) is 3.93. The van der Waals surface area contributed by atoms with E-state index in [1.165, 1.54) is 0 Å². The normalized spacial score (nSPS) is 29.4. The Bertz CT molecular complexity index is 577. The number of aliphatic hydroxyl groups is 4. The summed E-state index contributed by atoms with van der Waals surface area (Å²) in [6, 6.07) is 0. The first-order chi connectivity index (χ1) is 12.0. The molecule has 1 fully saturated rings. The van der Waals surface area contributed by atoms with Crippen LogP contribution >= 0.6 is 0 Å². The fraction of sp³-hybridized carbons (Fsp3) is 0.667. The molecule has 0 saturated carbocycles. The summed E-state index contributed by atoms with van der Waals surface area (Å²) in [5, 5.41) is 46.6. The lowest BCUT2D eigenvalue weighted by Gasteiger charge is -2.39. The van der Waals surface area contributed by atoms with Crippen molar-refractivity contribution in [3.63, 3.8) is 0 Å². The Morgan fingerprint density at radius 3 is 2.72 bits per heavy atom. The van der Waals surface area contributed by atoms with E-state index in [0.717, 1.165) is 6.08 Å². The number of hydrogen-bond donors (Lipinski definition) is 4. The molecule has 140 valence electrons. The van der Waals surface area contributed by atoms with Gasteiger partial charge in [-0.2, -0.15) is 0 Å². The van der Waals surface area contributed by atoms with E-state index in [-0.39, 0.29) is 13.0 Å². The maximum Gasteiger partial charge on any atom is 0.330 e. The molecule has 0 aromatic carbocycles. The molecule has 0 spiro atoms. The molecule has 0 unspecified atom stereocenters. The molecule has 1 aliphatic heterocycles. The van der Waals surface area contributed by atoms with Gasteiger partial charge < -0.3 is 29.9 Å². The Morgan fingerprint density at radius 1 is 1.32 bits per heavy atom. The predicted octanol–water partition coefficient (Wildman–Crippen LogP) is -2.22. The highest BCUT2D eigenvalue weighted by molar-refractivity contribution is 5.81. The van der Waals surface area contributed by atoms with E-state index in [2.05, 4.69) is 16.9 Å². The first-order valence-electron chi connectivity index (χ1n) is 7.95. The molecule has 2 rings (SSSR count). The van der Waals surface area contributed by atoms with E-state index in [1.54, 1.807) is 10.9 Å². The molecular formula is C15H23N3O7. The quantitative estimate of drug-likeness (QED) is 0.231. The Kier molecular flexibility index (Phi) is 7.02. The smallest absolute Gasteiger partial charge is 0.330 e. The van der Waals surface area contributed by atoms with Crippen molar-refractivity contribution in [1.29, 1.82) is 0 Å². The highest BCUT2D eigenvalue weighted by Crippen LogP contribution is 2.23.